The summed E-state index contributed by atoms with van der Waals surface area (Å²) in [7, 11) is 1.75. The number of amides is 1. The molecule has 1 aliphatic rings. The predicted octanol–water partition coefficient (Wildman–Crippen LogP) is 1.87. The molecule has 1 N–H and O–H groups in total. The highest BCUT2D eigenvalue weighted by Crippen LogP contribution is 2.29. The van der Waals surface area contributed by atoms with Crippen molar-refractivity contribution in [3.8, 4) is 0 Å². The zero-order chi connectivity index (χ0) is 11.9. The first-order valence-corrected chi connectivity index (χ1v) is 6.03. The van der Waals surface area contributed by atoms with Gasteiger partial charge < -0.3 is 5.32 Å². The lowest BCUT2D eigenvalue weighted by atomic mass is 10.2. The molecule has 84 valence electrons. The monoisotopic (exact) mass is 273 g/mol. The summed E-state index contributed by atoms with van der Waals surface area (Å²) in [4.78, 5) is 12.0. The first-order chi connectivity index (χ1) is 7.49. The minimum atomic E-state index is -0.186. The summed E-state index contributed by atoms with van der Waals surface area (Å²) in [5, 5.41) is 7.22. The smallest absolute Gasteiger partial charge is 0.263 e. The third-order valence-electron chi connectivity index (χ3n) is 2.11. The van der Waals surface area contributed by atoms with E-state index in [1.54, 1.807) is 17.8 Å². The van der Waals surface area contributed by atoms with Gasteiger partial charge in [0, 0.05) is 12.6 Å². The van der Waals surface area contributed by atoms with Crippen molar-refractivity contribution in [1.82, 2.24) is 15.1 Å². The lowest BCUT2D eigenvalue weighted by Gasteiger charge is -1.94. The van der Waals surface area contributed by atoms with Crippen LogP contribution in [0.2, 0.25) is 5.15 Å². The SMILES string of the molecule is Cc1nn(C)c(Cl)c1C=C1SC(=S)NC1=O. The molecule has 1 fully saturated rings. The molecule has 1 amide bonds. The van der Waals surface area contributed by atoms with E-state index in [2.05, 4.69) is 10.4 Å². The summed E-state index contributed by atoms with van der Waals surface area (Å²) in [5.41, 5.74) is 1.54. The largest absolute Gasteiger partial charge is 0.307 e. The summed E-state index contributed by atoms with van der Waals surface area (Å²) < 4.78 is 2.04. The Morgan fingerprint density at radius 2 is 2.31 bits per heavy atom. The van der Waals surface area contributed by atoms with E-state index in [0.717, 1.165) is 11.3 Å². The molecule has 0 unspecified atom stereocenters. The minimum absolute atomic E-state index is 0.186. The van der Waals surface area contributed by atoms with Crippen LogP contribution in [0.15, 0.2) is 4.91 Å². The van der Waals surface area contributed by atoms with E-state index in [1.165, 1.54) is 11.8 Å². The lowest BCUT2D eigenvalue weighted by molar-refractivity contribution is -0.115. The fraction of sp³-hybridized carbons (Fsp3) is 0.222. The van der Waals surface area contributed by atoms with E-state index in [-0.39, 0.29) is 5.91 Å². The molecular formula is C9H8ClN3OS2. The Morgan fingerprint density at radius 1 is 1.62 bits per heavy atom. The van der Waals surface area contributed by atoms with Crippen molar-refractivity contribution in [3.63, 3.8) is 0 Å². The van der Waals surface area contributed by atoms with Gasteiger partial charge in [0.15, 0.2) is 0 Å². The number of hydrogen-bond acceptors (Lipinski definition) is 4. The number of hydrogen-bond donors (Lipinski definition) is 1. The second-order valence-corrected chi connectivity index (χ2v) is 5.34. The van der Waals surface area contributed by atoms with Crippen molar-refractivity contribution in [3.05, 3.63) is 21.3 Å². The van der Waals surface area contributed by atoms with Crippen LogP contribution in [-0.4, -0.2) is 20.0 Å². The van der Waals surface area contributed by atoms with Gasteiger partial charge in [-0.1, -0.05) is 35.6 Å². The van der Waals surface area contributed by atoms with Crippen molar-refractivity contribution >= 4 is 51.9 Å². The number of halogens is 1. The maximum absolute atomic E-state index is 11.5. The van der Waals surface area contributed by atoms with Gasteiger partial charge >= 0.3 is 0 Å². The average Bonchev–Trinajstić information content (AvgIpc) is 2.62. The standard InChI is InChI=1S/C9H8ClN3OS2/c1-4-5(7(10)13(2)12-4)3-6-8(14)11-9(15)16-6/h3H,1-2H3,(H,11,14,15). The molecule has 4 nitrogen and oxygen atoms in total. The molecule has 0 bridgehead atoms. The highest BCUT2D eigenvalue weighted by Gasteiger charge is 2.23. The van der Waals surface area contributed by atoms with Gasteiger partial charge in [-0.15, -0.1) is 0 Å². The number of nitrogens with one attached hydrogen (secondary N) is 1. The van der Waals surface area contributed by atoms with Crippen LogP contribution in [-0.2, 0) is 11.8 Å². The third-order valence-corrected chi connectivity index (χ3v) is 3.72. The van der Waals surface area contributed by atoms with Crippen LogP contribution in [0, 0.1) is 6.92 Å². The van der Waals surface area contributed by atoms with Gasteiger partial charge in [-0.05, 0) is 13.0 Å². The van der Waals surface area contributed by atoms with E-state index in [4.69, 9.17) is 23.8 Å². The Balaban J connectivity index is 2.43. The molecule has 0 radical (unpaired) electrons. The quantitative estimate of drug-likeness (QED) is 0.627. The molecule has 0 saturated carbocycles. The van der Waals surface area contributed by atoms with Crippen LogP contribution in [0.4, 0.5) is 0 Å². The number of thiocarbonyl (C=S) groups is 1. The summed E-state index contributed by atoms with van der Waals surface area (Å²) in [6.45, 7) is 1.84. The molecule has 1 aromatic rings. The number of rotatable bonds is 1. The predicted molar refractivity (Wildman–Crippen MR) is 69.3 cm³/mol. The normalized spacial score (nSPS) is 18.3. The maximum atomic E-state index is 11.5. The van der Waals surface area contributed by atoms with Gasteiger partial charge in [-0.3, -0.25) is 9.48 Å². The van der Waals surface area contributed by atoms with Crippen molar-refractivity contribution in [1.29, 1.82) is 0 Å². The molecule has 16 heavy (non-hydrogen) atoms. The summed E-state index contributed by atoms with van der Waals surface area (Å²) >= 11 is 12.2. The molecule has 1 saturated heterocycles. The van der Waals surface area contributed by atoms with Crippen molar-refractivity contribution < 1.29 is 4.79 Å². The number of carbonyl (C=O) groups is 1. The summed E-state index contributed by atoms with van der Waals surface area (Å²) in [5.74, 6) is -0.186. The van der Waals surface area contributed by atoms with E-state index in [1.807, 2.05) is 6.92 Å². The van der Waals surface area contributed by atoms with Crippen molar-refractivity contribution in [2.45, 2.75) is 6.92 Å². The van der Waals surface area contributed by atoms with Gasteiger partial charge in [0.2, 0.25) is 0 Å². The van der Waals surface area contributed by atoms with Crippen molar-refractivity contribution in [2.24, 2.45) is 7.05 Å². The number of carbonyl (C=O) groups excluding carboxylic acids is 1. The highest BCUT2D eigenvalue weighted by molar-refractivity contribution is 8.26. The fourth-order valence-corrected chi connectivity index (χ4v) is 2.62. The molecule has 1 aromatic heterocycles. The van der Waals surface area contributed by atoms with Crippen LogP contribution < -0.4 is 5.32 Å². The summed E-state index contributed by atoms with van der Waals surface area (Å²) in [6, 6.07) is 0. The molecule has 0 aliphatic carbocycles. The van der Waals surface area contributed by atoms with E-state index in [9.17, 15) is 4.79 Å². The molecule has 1 aliphatic heterocycles. The molecule has 2 rings (SSSR count). The van der Waals surface area contributed by atoms with Crippen LogP contribution in [0.5, 0.6) is 0 Å². The first kappa shape index (κ1) is 11.6. The van der Waals surface area contributed by atoms with E-state index in [0.29, 0.717) is 14.4 Å². The topological polar surface area (TPSA) is 46.9 Å². The molecule has 2 heterocycles. The number of thioether (sulfide) groups is 1. The molecule has 0 aromatic carbocycles. The summed E-state index contributed by atoms with van der Waals surface area (Å²) in [6.07, 6.45) is 1.71. The second kappa shape index (κ2) is 4.20. The Bertz CT molecular complexity index is 521. The highest BCUT2D eigenvalue weighted by atomic mass is 35.5. The fourth-order valence-electron chi connectivity index (χ4n) is 1.36. The van der Waals surface area contributed by atoms with Crippen LogP contribution in [0.3, 0.4) is 0 Å². The number of aromatic nitrogens is 2. The Labute approximate surface area is 107 Å². The maximum Gasteiger partial charge on any atom is 0.263 e. The van der Waals surface area contributed by atoms with Crippen LogP contribution in [0.1, 0.15) is 11.3 Å². The van der Waals surface area contributed by atoms with Gasteiger partial charge in [-0.25, -0.2) is 0 Å². The Kier molecular flexibility index (Phi) is 3.05. The Morgan fingerprint density at radius 3 is 2.75 bits per heavy atom. The molecule has 7 heteroatoms. The minimum Gasteiger partial charge on any atom is -0.307 e. The molecule has 0 atom stereocenters. The van der Waals surface area contributed by atoms with Gasteiger partial charge in [0.05, 0.1) is 10.6 Å². The van der Waals surface area contributed by atoms with Crippen LogP contribution in [0.25, 0.3) is 6.08 Å². The second-order valence-electron chi connectivity index (χ2n) is 3.27. The van der Waals surface area contributed by atoms with Crippen LogP contribution >= 0.6 is 35.6 Å². The zero-order valence-corrected chi connectivity index (χ0v) is 11.0. The molecule has 0 spiro atoms. The molecular weight excluding hydrogens is 266 g/mol. The zero-order valence-electron chi connectivity index (χ0n) is 8.57. The average molecular weight is 274 g/mol. The lowest BCUT2D eigenvalue weighted by Crippen LogP contribution is -2.17. The number of nitrogens with zero attached hydrogens (tertiary/aromatic N) is 2. The van der Waals surface area contributed by atoms with Crippen molar-refractivity contribution in [2.75, 3.05) is 0 Å². The number of aryl methyl sites for hydroxylation is 2. The van der Waals surface area contributed by atoms with Gasteiger partial charge in [-0.2, -0.15) is 5.10 Å². The van der Waals surface area contributed by atoms with E-state index >= 15 is 0 Å². The van der Waals surface area contributed by atoms with Gasteiger partial charge in [0.1, 0.15) is 9.47 Å². The van der Waals surface area contributed by atoms with E-state index < -0.39 is 0 Å². The Hall–Kier alpha value is -0.850. The third kappa shape index (κ3) is 2.00. The van der Waals surface area contributed by atoms with Gasteiger partial charge in [0.25, 0.3) is 5.91 Å². The first-order valence-electron chi connectivity index (χ1n) is 4.43.